The van der Waals surface area contributed by atoms with Gasteiger partial charge in [-0.1, -0.05) is 6.92 Å². The van der Waals surface area contributed by atoms with Gasteiger partial charge in [-0.05, 0) is 20.4 Å². The highest BCUT2D eigenvalue weighted by Gasteiger charge is 2.18. The highest BCUT2D eigenvalue weighted by atomic mass is 35.5. The third-order valence-electron chi connectivity index (χ3n) is 1.94. The third-order valence-corrected chi connectivity index (χ3v) is 3.69. The molecule has 0 unspecified atom stereocenters. The van der Waals surface area contributed by atoms with Crippen LogP contribution in [0.1, 0.15) is 20.8 Å². The van der Waals surface area contributed by atoms with Gasteiger partial charge in [0.15, 0.2) is 0 Å². The molecule has 7 heteroatoms. The van der Waals surface area contributed by atoms with Crippen LogP contribution in [0, 0.1) is 0 Å². The van der Waals surface area contributed by atoms with Gasteiger partial charge >= 0.3 is 0 Å². The quantitative estimate of drug-likeness (QED) is 0.642. The van der Waals surface area contributed by atoms with Crippen molar-refractivity contribution in [2.45, 2.75) is 26.8 Å². The molecule has 0 saturated carbocycles. The maximum atomic E-state index is 11.5. The maximum absolute atomic E-state index is 11.5. The van der Waals surface area contributed by atoms with Crippen LogP contribution in [0.3, 0.4) is 0 Å². The second-order valence-electron chi connectivity index (χ2n) is 3.36. The predicted octanol–water partition coefficient (Wildman–Crippen LogP) is 0.192. The van der Waals surface area contributed by atoms with E-state index in [9.17, 15) is 8.42 Å². The minimum atomic E-state index is -3.30. The molecule has 0 aromatic heterocycles. The van der Waals surface area contributed by atoms with Gasteiger partial charge < -0.3 is 5.32 Å². The number of hydrogen-bond acceptors (Lipinski definition) is 3. The van der Waals surface area contributed by atoms with Crippen LogP contribution < -0.4 is 10.0 Å². The SMILES string of the molecule is CCNCCNS(=O)(=O)N(C)C(C)C.Cl. The molecular weight excluding hydrogens is 238 g/mol. The first-order valence-corrected chi connectivity index (χ1v) is 6.29. The molecule has 0 aliphatic heterocycles. The Bertz CT molecular complexity index is 244. The molecular formula is C8H22ClN3O2S. The van der Waals surface area contributed by atoms with E-state index >= 15 is 0 Å². The van der Waals surface area contributed by atoms with Crippen LogP contribution in [0.5, 0.6) is 0 Å². The van der Waals surface area contributed by atoms with Crippen LogP contribution >= 0.6 is 12.4 Å². The summed E-state index contributed by atoms with van der Waals surface area (Å²) in [5.74, 6) is 0. The van der Waals surface area contributed by atoms with Gasteiger partial charge in [0.2, 0.25) is 0 Å². The summed E-state index contributed by atoms with van der Waals surface area (Å²) < 4.78 is 26.9. The third kappa shape index (κ3) is 7.08. The second kappa shape index (κ2) is 8.29. The fourth-order valence-corrected chi connectivity index (χ4v) is 1.94. The molecule has 0 radical (unpaired) electrons. The Labute approximate surface area is 99.2 Å². The van der Waals surface area contributed by atoms with Crippen molar-refractivity contribution in [2.75, 3.05) is 26.7 Å². The van der Waals surface area contributed by atoms with E-state index < -0.39 is 10.2 Å². The van der Waals surface area contributed by atoms with Crippen molar-refractivity contribution < 1.29 is 8.42 Å². The summed E-state index contributed by atoms with van der Waals surface area (Å²) in [6.07, 6.45) is 0. The van der Waals surface area contributed by atoms with Gasteiger partial charge in [0.25, 0.3) is 10.2 Å². The molecule has 0 aliphatic rings. The molecule has 0 aliphatic carbocycles. The van der Waals surface area contributed by atoms with Crippen molar-refractivity contribution in [3.05, 3.63) is 0 Å². The first-order chi connectivity index (χ1) is 6.41. The lowest BCUT2D eigenvalue weighted by molar-refractivity contribution is 0.402. The number of hydrogen-bond donors (Lipinski definition) is 2. The van der Waals surface area contributed by atoms with E-state index in [-0.39, 0.29) is 18.4 Å². The van der Waals surface area contributed by atoms with Crippen LogP contribution in [0.2, 0.25) is 0 Å². The van der Waals surface area contributed by atoms with Crippen molar-refractivity contribution in [1.82, 2.24) is 14.3 Å². The van der Waals surface area contributed by atoms with E-state index in [4.69, 9.17) is 0 Å². The molecule has 0 fully saturated rings. The molecule has 15 heavy (non-hydrogen) atoms. The van der Waals surface area contributed by atoms with Crippen molar-refractivity contribution in [3.63, 3.8) is 0 Å². The predicted molar refractivity (Wildman–Crippen MR) is 65.6 cm³/mol. The van der Waals surface area contributed by atoms with Crippen molar-refractivity contribution in [3.8, 4) is 0 Å². The summed E-state index contributed by atoms with van der Waals surface area (Å²) in [4.78, 5) is 0. The zero-order valence-corrected chi connectivity index (χ0v) is 11.4. The molecule has 0 aromatic carbocycles. The van der Waals surface area contributed by atoms with Crippen LogP contribution in [-0.4, -0.2) is 45.4 Å². The molecule has 94 valence electrons. The Balaban J connectivity index is 0. The number of rotatable bonds is 7. The summed E-state index contributed by atoms with van der Waals surface area (Å²) in [6.45, 7) is 7.58. The monoisotopic (exact) mass is 259 g/mol. The summed E-state index contributed by atoms with van der Waals surface area (Å²) >= 11 is 0. The molecule has 0 rings (SSSR count). The van der Waals surface area contributed by atoms with Gasteiger partial charge in [-0.3, -0.25) is 0 Å². The molecule has 0 amide bonds. The zero-order chi connectivity index (χ0) is 11.2. The van der Waals surface area contributed by atoms with E-state index in [1.165, 1.54) is 4.31 Å². The van der Waals surface area contributed by atoms with Crippen molar-refractivity contribution >= 4 is 22.6 Å². The summed E-state index contributed by atoms with van der Waals surface area (Å²) in [5.41, 5.74) is 0. The normalized spacial score (nSPS) is 11.9. The summed E-state index contributed by atoms with van der Waals surface area (Å²) in [5, 5.41) is 3.04. The number of nitrogens with zero attached hydrogens (tertiary/aromatic N) is 1. The first kappa shape index (κ1) is 17.5. The second-order valence-corrected chi connectivity index (χ2v) is 5.18. The standard InChI is InChI=1S/C8H21N3O2S.ClH/c1-5-9-6-7-10-14(12,13)11(4)8(2)3;/h8-10H,5-7H2,1-4H3;1H. The fourth-order valence-electron chi connectivity index (χ4n) is 0.825. The van der Waals surface area contributed by atoms with Gasteiger partial charge in [0.05, 0.1) is 0 Å². The lowest BCUT2D eigenvalue weighted by Gasteiger charge is -2.21. The first-order valence-electron chi connectivity index (χ1n) is 4.85. The smallest absolute Gasteiger partial charge is 0.279 e. The van der Waals surface area contributed by atoms with Gasteiger partial charge in [0.1, 0.15) is 0 Å². The molecule has 0 atom stereocenters. The Hall–Kier alpha value is 0.120. The summed E-state index contributed by atoms with van der Waals surface area (Å²) in [6, 6.07) is -0.0216. The number of likely N-dealkylation sites (N-methyl/N-ethyl adjacent to an activating group) is 1. The van der Waals surface area contributed by atoms with Gasteiger partial charge in [-0.25, -0.2) is 4.72 Å². The molecule has 2 N–H and O–H groups in total. The largest absolute Gasteiger partial charge is 0.316 e. The van der Waals surface area contributed by atoms with E-state index in [0.717, 1.165) is 6.54 Å². The van der Waals surface area contributed by atoms with Crippen molar-refractivity contribution in [2.24, 2.45) is 0 Å². The van der Waals surface area contributed by atoms with Crippen LogP contribution in [-0.2, 0) is 10.2 Å². The molecule has 0 heterocycles. The molecule has 0 bridgehead atoms. The highest BCUT2D eigenvalue weighted by Crippen LogP contribution is 1.99. The van der Waals surface area contributed by atoms with Gasteiger partial charge in [0, 0.05) is 26.2 Å². The molecule has 0 aromatic rings. The fraction of sp³-hybridized carbons (Fsp3) is 1.00. The van der Waals surface area contributed by atoms with E-state index in [1.54, 1.807) is 7.05 Å². The van der Waals surface area contributed by atoms with E-state index in [2.05, 4.69) is 10.0 Å². The van der Waals surface area contributed by atoms with Crippen LogP contribution in [0.4, 0.5) is 0 Å². The lowest BCUT2D eigenvalue weighted by Crippen LogP contribution is -2.43. The minimum Gasteiger partial charge on any atom is -0.316 e. The minimum absolute atomic E-state index is 0. The average Bonchev–Trinajstić information content (AvgIpc) is 2.11. The zero-order valence-electron chi connectivity index (χ0n) is 9.78. The maximum Gasteiger partial charge on any atom is 0.279 e. The van der Waals surface area contributed by atoms with E-state index in [1.807, 2.05) is 20.8 Å². The average molecular weight is 260 g/mol. The molecule has 5 nitrogen and oxygen atoms in total. The topological polar surface area (TPSA) is 61.4 Å². The summed E-state index contributed by atoms with van der Waals surface area (Å²) in [7, 11) is -1.73. The Morgan fingerprint density at radius 1 is 1.27 bits per heavy atom. The molecule has 0 saturated heterocycles. The number of halogens is 1. The van der Waals surface area contributed by atoms with Gasteiger partial charge in [-0.2, -0.15) is 12.7 Å². The Morgan fingerprint density at radius 2 is 1.80 bits per heavy atom. The van der Waals surface area contributed by atoms with Crippen molar-refractivity contribution in [1.29, 1.82) is 0 Å². The lowest BCUT2D eigenvalue weighted by atomic mass is 10.4. The molecule has 0 spiro atoms. The Morgan fingerprint density at radius 3 is 2.20 bits per heavy atom. The van der Waals surface area contributed by atoms with E-state index in [0.29, 0.717) is 13.1 Å². The highest BCUT2D eigenvalue weighted by molar-refractivity contribution is 7.87. The van der Waals surface area contributed by atoms with Crippen LogP contribution in [0.15, 0.2) is 0 Å². The Kier molecular flexibility index (Phi) is 9.68. The van der Waals surface area contributed by atoms with Gasteiger partial charge in [-0.15, -0.1) is 12.4 Å². The number of nitrogens with one attached hydrogen (secondary N) is 2. The van der Waals surface area contributed by atoms with Crippen LogP contribution in [0.25, 0.3) is 0 Å².